The first-order valence-electron chi connectivity index (χ1n) is 13.9. The van der Waals surface area contributed by atoms with E-state index in [2.05, 4.69) is 6.08 Å². The van der Waals surface area contributed by atoms with Crippen molar-refractivity contribution in [2.45, 2.75) is 45.6 Å². The van der Waals surface area contributed by atoms with Crippen LogP contribution < -0.4 is 4.74 Å². The highest BCUT2D eigenvalue weighted by Gasteiger charge is 2.22. The van der Waals surface area contributed by atoms with Crippen molar-refractivity contribution in [1.82, 2.24) is 0 Å². The third-order valence-corrected chi connectivity index (χ3v) is 6.32. The molecule has 0 aromatic heterocycles. The molecule has 0 spiro atoms. The van der Waals surface area contributed by atoms with Crippen LogP contribution in [0.15, 0.2) is 78.9 Å². The zero-order valence-corrected chi connectivity index (χ0v) is 24.0. The molecule has 0 saturated heterocycles. The van der Waals surface area contributed by atoms with Gasteiger partial charge in [-0.05, 0) is 62.9 Å². The number of unbranched alkanes of at least 4 members (excludes halogenated alkanes) is 2. The molecule has 3 aromatic rings. The molecule has 0 heterocycles. The Bertz CT molecular complexity index is 1330. The molecule has 0 saturated carbocycles. The highest BCUT2D eigenvalue weighted by molar-refractivity contribution is 6.10. The Balaban J connectivity index is 1.58. The fraction of sp³-hybridized carbons (Fsp3) is 0.324. The average Bonchev–Trinajstić information content (AvgIpc) is 3.00. The van der Waals surface area contributed by atoms with Crippen molar-refractivity contribution in [3.8, 4) is 5.75 Å². The van der Waals surface area contributed by atoms with Crippen LogP contribution in [0.25, 0.3) is 6.08 Å². The summed E-state index contributed by atoms with van der Waals surface area (Å²) in [6.45, 7) is 4.40. The van der Waals surface area contributed by atoms with Crippen molar-refractivity contribution >= 4 is 23.8 Å². The fourth-order valence-corrected chi connectivity index (χ4v) is 4.27. The van der Waals surface area contributed by atoms with Gasteiger partial charge >= 0.3 is 11.9 Å². The maximum atomic E-state index is 13.2. The number of ketones is 1. The van der Waals surface area contributed by atoms with Crippen LogP contribution in [0.2, 0.25) is 0 Å². The Labute approximate surface area is 242 Å². The molecule has 0 aliphatic carbocycles. The van der Waals surface area contributed by atoms with Crippen LogP contribution >= 0.6 is 0 Å². The van der Waals surface area contributed by atoms with Gasteiger partial charge in [0.2, 0.25) is 0 Å². The molecule has 0 bridgehead atoms. The number of carbonyl (C=O) groups is 3. The van der Waals surface area contributed by atoms with Crippen molar-refractivity contribution in [2.24, 2.45) is 0 Å². The molecule has 1 atom stereocenters. The zero-order chi connectivity index (χ0) is 29.5. The second-order valence-corrected chi connectivity index (χ2v) is 9.29. The smallest absolute Gasteiger partial charge is 0.338 e. The number of hydrogen-bond acceptors (Lipinski definition) is 7. The van der Waals surface area contributed by atoms with E-state index in [1.54, 1.807) is 57.4 Å². The molecule has 7 heteroatoms. The van der Waals surface area contributed by atoms with Gasteiger partial charge in [-0.3, -0.25) is 4.79 Å². The molecule has 0 N–H and O–H groups in total. The lowest BCUT2D eigenvalue weighted by atomic mass is 9.98. The number of carbonyl (C=O) groups excluding carboxylic acids is 3. The van der Waals surface area contributed by atoms with Crippen molar-refractivity contribution in [1.29, 1.82) is 0 Å². The first kappa shape index (κ1) is 31.3. The first-order valence-corrected chi connectivity index (χ1v) is 13.9. The van der Waals surface area contributed by atoms with Crippen LogP contribution in [0.1, 0.15) is 70.5 Å². The van der Waals surface area contributed by atoms with E-state index in [9.17, 15) is 14.4 Å². The third kappa shape index (κ3) is 9.72. The summed E-state index contributed by atoms with van der Waals surface area (Å²) in [5.74, 6) is -0.298. The summed E-state index contributed by atoms with van der Waals surface area (Å²) in [5, 5.41) is 0. The number of rotatable bonds is 16. The van der Waals surface area contributed by atoms with E-state index in [1.807, 2.05) is 36.4 Å². The molecule has 0 aliphatic rings. The Morgan fingerprint density at radius 2 is 1.51 bits per heavy atom. The molecule has 3 rings (SSSR count). The van der Waals surface area contributed by atoms with Crippen LogP contribution in [0.3, 0.4) is 0 Å². The molecule has 0 amide bonds. The van der Waals surface area contributed by atoms with E-state index in [0.717, 1.165) is 36.1 Å². The van der Waals surface area contributed by atoms with E-state index < -0.39 is 18.0 Å². The number of para-hydroxylation sites is 1. The highest BCUT2D eigenvalue weighted by Crippen LogP contribution is 2.20. The summed E-state index contributed by atoms with van der Waals surface area (Å²) >= 11 is 0. The van der Waals surface area contributed by atoms with Gasteiger partial charge in [0.25, 0.3) is 0 Å². The molecular weight excluding hydrogens is 520 g/mol. The second kappa shape index (κ2) is 16.8. The minimum absolute atomic E-state index is 0.229. The number of methoxy groups -OCH3 is 1. The SMILES string of the molecule is CCOC(=O)c1cccc(C(=O)c2cccc(CC(OCCCCC=Cc3ccccc3OC)C(=O)OCC)c2)c1. The number of allylic oxidation sites excluding steroid dienone is 1. The lowest BCUT2D eigenvalue weighted by Crippen LogP contribution is -2.29. The van der Waals surface area contributed by atoms with Crippen molar-refractivity contribution in [3.63, 3.8) is 0 Å². The molecule has 41 heavy (non-hydrogen) atoms. The third-order valence-electron chi connectivity index (χ3n) is 6.32. The summed E-state index contributed by atoms with van der Waals surface area (Å²) in [5.41, 5.74) is 2.95. The van der Waals surface area contributed by atoms with E-state index in [4.69, 9.17) is 18.9 Å². The predicted octanol–water partition coefficient (Wildman–Crippen LogP) is 6.48. The molecule has 216 valence electrons. The zero-order valence-electron chi connectivity index (χ0n) is 24.0. The van der Waals surface area contributed by atoms with Crippen LogP contribution in [-0.2, 0) is 25.4 Å². The molecule has 0 fully saturated rings. The Hall–Kier alpha value is -4.23. The highest BCUT2D eigenvalue weighted by atomic mass is 16.6. The van der Waals surface area contributed by atoms with Gasteiger partial charge < -0.3 is 18.9 Å². The van der Waals surface area contributed by atoms with E-state index in [1.165, 1.54) is 6.07 Å². The summed E-state index contributed by atoms with van der Waals surface area (Å²) in [7, 11) is 1.66. The van der Waals surface area contributed by atoms with Crippen LogP contribution in [0.4, 0.5) is 0 Å². The summed E-state index contributed by atoms with van der Waals surface area (Å²) in [6.07, 6.45) is 6.19. The lowest BCUT2D eigenvalue weighted by Gasteiger charge is -2.17. The quantitative estimate of drug-likeness (QED) is 0.113. The predicted molar refractivity (Wildman–Crippen MR) is 158 cm³/mol. The van der Waals surface area contributed by atoms with E-state index in [-0.39, 0.29) is 25.4 Å². The molecule has 7 nitrogen and oxygen atoms in total. The van der Waals surface area contributed by atoms with Crippen molar-refractivity contribution in [2.75, 3.05) is 26.9 Å². The number of hydrogen-bond donors (Lipinski definition) is 0. The van der Waals surface area contributed by atoms with Crippen molar-refractivity contribution in [3.05, 3.63) is 107 Å². The van der Waals surface area contributed by atoms with Gasteiger partial charge in [-0.2, -0.15) is 0 Å². The second-order valence-electron chi connectivity index (χ2n) is 9.29. The normalized spacial score (nSPS) is 11.7. The molecular formula is C34H38O7. The van der Waals surface area contributed by atoms with Crippen LogP contribution in [0.5, 0.6) is 5.75 Å². The van der Waals surface area contributed by atoms with Crippen LogP contribution in [0, 0.1) is 0 Å². The van der Waals surface area contributed by atoms with Gasteiger partial charge in [-0.1, -0.05) is 60.7 Å². The van der Waals surface area contributed by atoms with Gasteiger partial charge in [0.15, 0.2) is 11.9 Å². The summed E-state index contributed by atoms with van der Waals surface area (Å²) < 4.78 is 21.6. The lowest BCUT2D eigenvalue weighted by molar-refractivity contribution is -0.156. The largest absolute Gasteiger partial charge is 0.496 e. The Morgan fingerprint density at radius 1 is 0.805 bits per heavy atom. The fourth-order valence-electron chi connectivity index (χ4n) is 4.27. The van der Waals surface area contributed by atoms with Crippen LogP contribution in [-0.4, -0.2) is 50.8 Å². The number of esters is 2. The molecule has 0 aliphatic heterocycles. The number of benzene rings is 3. The topological polar surface area (TPSA) is 88.1 Å². The van der Waals surface area contributed by atoms with E-state index >= 15 is 0 Å². The van der Waals surface area contributed by atoms with Crippen molar-refractivity contribution < 1.29 is 33.3 Å². The summed E-state index contributed by atoms with van der Waals surface area (Å²) in [6, 6.07) is 21.4. The average molecular weight is 559 g/mol. The Kier molecular flexibility index (Phi) is 12.8. The number of ether oxygens (including phenoxy) is 4. The molecule has 3 aromatic carbocycles. The molecule has 1 unspecified atom stereocenters. The standard InChI is InChI=1S/C34H38O7/c1-4-39-33(36)29-19-13-18-28(24-29)32(35)27-17-12-14-25(22-27)23-31(34(37)40-5-2)41-21-11-7-6-8-15-26-16-9-10-20-30(26)38-3/h8-10,12-20,22,24,31H,4-7,11,21,23H2,1-3H3. The van der Waals surface area contributed by atoms with Gasteiger partial charge in [-0.25, -0.2) is 9.59 Å². The minimum atomic E-state index is -0.781. The minimum Gasteiger partial charge on any atom is -0.496 e. The Morgan fingerprint density at radius 3 is 2.27 bits per heavy atom. The van der Waals surface area contributed by atoms with E-state index in [0.29, 0.717) is 23.3 Å². The van der Waals surface area contributed by atoms with Gasteiger partial charge in [-0.15, -0.1) is 0 Å². The van der Waals surface area contributed by atoms with Gasteiger partial charge in [0.1, 0.15) is 5.75 Å². The van der Waals surface area contributed by atoms with Gasteiger partial charge in [0, 0.05) is 29.7 Å². The summed E-state index contributed by atoms with van der Waals surface area (Å²) in [4.78, 5) is 37.9. The maximum Gasteiger partial charge on any atom is 0.338 e. The monoisotopic (exact) mass is 558 g/mol. The molecule has 0 radical (unpaired) electrons. The maximum absolute atomic E-state index is 13.2. The first-order chi connectivity index (χ1) is 20.0. The van der Waals surface area contributed by atoms with Gasteiger partial charge in [0.05, 0.1) is 25.9 Å².